The Morgan fingerprint density at radius 1 is 1.04 bits per heavy atom. The molecule has 1 aliphatic heterocycles. The molecule has 1 N–H and O–H groups in total. The molecule has 1 unspecified atom stereocenters. The molecule has 1 aromatic rings. The zero-order valence-electron chi connectivity index (χ0n) is 16.9. The highest BCUT2D eigenvalue weighted by molar-refractivity contribution is 5.83. The lowest BCUT2D eigenvalue weighted by Crippen LogP contribution is -2.49. The van der Waals surface area contributed by atoms with E-state index < -0.39 is 0 Å². The fourth-order valence-corrected chi connectivity index (χ4v) is 4.39. The summed E-state index contributed by atoms with van der Waals surface area (Å²) in [4.78, 5) is 29.5. The highest BCUT2D eigenvalue weighted by atomic mass is 16.2. The van der Waals surface area contributed by atoms with Crippen molar-refractivity contribution in [2.75, 3.05) is 27.2 Å². The number of hydrogen-bond acceptors (Lipinski definition) is 3. The zero-order valence-corrected chi connectivity index (χ0v) is 16.9. The normalized spacial score (nSPS) is 20.1. The molecule has 2 amide bonds. The average molecular weight is 372 g/mol. The van der Waals surface area contributed by atoms with Crippen molar-refractivity contribution in [2.45, 2.75) is 57.5 Å². The van der Waals surface area contributed by atoms with Crippen LogP contribution in [0, 0.1) is 12.8 Å². The third-order valence-corrected chi connectivity index (χ3v) is 6.02. The topological polar surface area (TPSA) is 52.7 Å². The largest absolute Gasteiger partial charge is 0.352 e. The standard InChI is InChI=1S/C22H33N3O2/c1-16-8-10-17(11-9-16)20(24(2)3)21(26)23-19-12-14-25(15-13-19)22(27)18-6-4-5-7-18/h8-11,18-20H,4-7,12-15H2,1-3H3,(H,23,26). The molecule has 1 heterocycles. The molecule has 3 rings (SSSR count). The van der Waals surface area contributed by atoms with Crippen molar-refractivity contribution in [3.63, 3.8) is 0 Å². The van der Waals surface area contributed by atoms with E-state index in [9.17, 15) is 9.59 Å². The molecule has 148 valence electrons. The molecular formula is C22H33N3O2. The molecule has 1 aliphatic carbocycles. The number of likely N-dealkylation sites (tertiary alicyclic amines) is 1. The summed E-state index contributed by atoms with van der Waals surface area (Å²) in [5.74, 6) is 0.628. The first-order valence-electron chi connectivity index (χ1n) is 10.3. The van der Waals surface area contributed by atoms with E-state index in [1.54, 1.807) is 0 Å². The SMILES string of the molecule is Cc1ccc(C(C(=O)NC2CCN(C(=O)C3CCCC3)CC2)N(C)C)cc1. The number of carbonyl (C=O) groups excluding carboxylic acids is 2. The third-order valence-electron chi connectivity index (χ3n) is 6.02. The highest BCUT2D eigenvalue weighted by Gasteiger charge is 2.31. The van der Waals surface area contributed by atoms with Crippen LogP contribution >= 0.6 is 0 Å². The van der Waals surface area contributed by atoms with Gasteiger partial charge in [0.2, 0.25) is 11.8 Å². The Morgan fingerprint density at radius 3 is 2.19 bits per heavy atom. The molecule has 0 spiro atoms. The fourth-order valence-electron chi connectivity index (χ4n) is 4.39. The van der Waals surface area contributed by atoms with Crippen molar-refractivity contribution >= 4 is 11.8 Å². The van der Waals surface area contributed by atoms with Crippen LogP contribution in [0.15, 0.2) is 24.3 Å². The van der Waals surface area contributed by atoms with Gasteiger partial charge in [0.25, 0.3) is 0 Å². The van der Waals surface area contributed by atoms with E-state index in [1.165, 1.54) is 18.4 Å². The van der Waals surface area contributed by atoms with E-state index >= 15 is 0 Å². The Labute approximate surface area is 163 Å². The summed E-state index contributed by atoms with van der Waals surface area (Å²) in [5, 5.41) is 3.22. The van der Waals surface area contributed by atoms with Gasteiger partial charge in [-0.2, -0.15) is 0 Å². The van der Waals surface area contributed by atoms with Gasteiger partial charge >= 0.3 is 0 Å². The van der Waals surface area contributed by atoms with Crippen LogP contribution in [0.25, 0.3) is 0 Å². The number of likely N-dealkylation sites (N-methyl/N-ethyl adjacent to an activating group) is 1. The minimum absolute atomic E-state index is 0.0458. The smallest absolute Gasteiger partial charge is 0.242 e. The molecule has 0 bridgehead atoms. The Hall–Kier alpha value is -1.88. The Morgan fingerprint density at radius 2 is 1.63 bits per heavy atom. The maximum atomic E-state index is 12.9. The van der Waals surface area contributed by atoms with E-state index in [4.69, 9.17) is 0 Å². The molecule has 0 radical (unpaired) electrons. The lowest BCUT2D eigenvalue weighted by atomic mass is 9.99. The number of amides is 2. The van der Waals surface area contributed by atoms with Crippen LogP contribution < -0.4 is 5.32 Å². The Balaban J connectivity index is 1.54. The molecule has 1 aromatic carbocycles. The summed E-state index contributed by atoms with van der Waals surface area (Å²) in [6, 6.07) is 8.02. The first kappa shape index (κ1) is 19.9. The number of hydrogen-bond donors (Lipinski definition) is 1. The van der Waals surface area contributed by atoms with Crippen molar-refractivity contribution in [2.24, 2.45) is 5.92 Å². The summed E-state index contributed by atoms with van der Waals surface area (Å²) in [7, 11) is 3.87. The van der Waals surface area contributed by atoms with Gasteiger partial charge in [-0.15, -0.1) is 0 Å². The van der Waals surface area contributed by atoms with Gasteiger partial charge in [-0.05, 0) is 52.3 Å². The summed E-state index contributed by atoms with van der Waals surface area (Å²) in [6.45, 7) is 3.57. The second-order valence-electron chi connectivity index (χ2n) is 8.37. The molecule has 27 heavy (non-hydrogen) atoms. The lowest BCUT2D eigenvalue weighted by Gasteiger charge is -2.35. The minimum atomic E-state index is -0.288. The monoisotopic (exact) mass is 371 g/mol. The van der Waals surface area contributed by atoms with E-state index in [0.29, 0.717) is 5.91 Å². The highest BCUT2D eigenvalue weighted by Crippen LogP contribution is 2.28. The van der Waals surface area contributed by atoms with Crippen molar-refractivity contribution < 1.29 is 9.59 Å². The van der Waals surface area contributed by atoms with Gasteiger partial charge in [0.05, 0.1) is 0 Å². The third kappa shape index (κ3) is 4.89. The summed E-state index contributed by atoms with van der Waals surface area (Å²) >= 11 is 0. The van der Waals surface area contributed by atoms with Crippen molar-refractivity contribution in [3.05, 3.63) is 35.4 Å². The zero-order chi connectivity index (χ0) is 19.4. The van der Waals surface area contributed by atoms with Gasteiger partial charge in [0.1, 0.15) is 6.04 Å². The molecule has 2 aliphatic rings. The number of benzene rings is 1. The maximum Gasteiger partial charge on any atom is 0.242 e. The molecule has 2 fully saturated rings. The van der Waals surface area contributed by atoms with E-state index in [2.05, 4.69) is 12.2 Å². The molecule has 5 nitrogen and oxygen atoms in total. The van der Waals surface area contributed by atoms with Crippen LogP contribution in [-0.4, -0.2) is 54.8 Å². The molecule has 1 saturated heterocycles. The molecular weight excluding hydrogens is 338 g/mol. The molecule has 0 aromatic heterocycles. The number of piperidine rings is 1. The van der Waals surface area contributed by atoms with Gasteiger partial charge in [0, 0.05) is 25.0 Å². The lowest BCUT2D eigenvalue weighted by molar-refractivity contribution is -0.136. The van der Waals surface area contributed by atoms with Crippen LogP contribution in [0.3, 0.4) is 0 Å². The van der Waals surface area contributed by atoms with Crippen LogP contribution in [0.2, 0.25) is 0 Å². The summed E-state index contributed by atoms with van der Waals surface area (Å²) in [6.07, 6.45) is 6.17. The predicted octanol–water partition coefficient (Wildman–Crippen LogP) is 2.90. The van der Waals surface area contributed by atoms with Crippen molar-refractivity contribution in [1.82, 2.24) is 15.1 Å². The Kier molecular flexibility index (Phi) is 6.53. The number of aryl methyl sites for hydroxylation is 1. The predicted molar refractivity (Wildman–Crippen MR) is 107 cm³/mol. The second-order valence-corrected chi connectivity index (χ2v) is 8.37. The fraction of sp³-hybridized carbons (Fsp3) is 0.636. The number of carbonyl (C=O) groups is 2. The summed E-state index contributed by atoms with van der Waals surface area (Å²) in [5.41, 5.74) is 2.20. The van der Waals surface area contributed by atoms with Crippen LogP contribution in [0.1, 0.15) is 55.7 Å². The molecule has 1 saturated carbocycles. The number of nitrogens with one attached hydrogen (secondary N) is 1. The van der Waals surface area contributed by atoms with E-state index in [1.807, 2.05) is 48.2 Å². The quantitative estimate of drug-likeness (QED) is 0.866. The summed E-state index contributed by atoms with van der Waals surface area (Å²) < 4.78 is 0. The molecule has 1 atom stereocenters. The first-order chi connectivity index (χ1) is 13.0. The number of rotatable bonds is 5. The van der Waals surface area contributed by atoms with Crippen molar-refractivity contribution in [1.29, 1.82) is 0 Å². The van der Waals surface area contributed by atoms with E-state index in [-0.39, 0.29) is 23.9 Å². The number of nitrogens with zero attached hydrogens (tertiary/aromatic N) is 2. The minimum Gasteiger partial charge on any atom is -0.352 e. The van der Waals surface area contributed by atoms with Crippen LogP contribution in [0.5, 0.6) is 0 Å². The van der Waals surface area contributed by atoms with Crippen LogP contribution in [-0.2, 0) is 9.59 Å². The van der Waals surface area contributed by atoms with Crippen LogP contribution in [0.4, 0.5) is 0 Å². The van der Waals surface area contributed by atoms with Gasteiger partial charge in [-0.3, -0.25) is 14.5 Å². The van der Waals surface area contributed by atoms with Gasteiger partial charge in [-0.25, -0.2) is 0 Å². The van der Waals surface area contributed by atoms with E-state index in [0.717, 1.165) is 44.3 Å². The maximum absolute atomic E-state index is 12.9. The van der Waals surface area contributed by atoms with Crippen molar-refractivity contribution in [3.8, 4) is 0 Å². The Bertz CT molecular complexity index is 642. The molecule has 5 heteroatoms. The first-order valence-corrected chi connectivity index (χ1v) is 10.3. The van der Waals surface area contributed by atoms with Gasteiger partial charge in [0.15, 0.2) is 0 Å². The van der Waals surface area contributed by atoms with Gasteiger partial charge in [-0.1, -0.05) is 42.7 Å². The average Bonchev–Trinajstić information content (AvgIpc) is 3.18. The second kappa shape index (κ2) is 8.87. The van der Waals surface area contributed by atoms with Gasteiger partial charge < -0.3 is 10.2 Å².